The maximum atomic E-state index is 11.2. The first-order chi connectivity index (χ1) is 8.61. The number of hydrogen-bond donors (Lipinski definition) is 3. The molecule has 2 unspecified atom stereocenters. The lowest BCUT2D eigenvalue weighted by molar-refractivity contribution is -0.140. The van der Waals surface area contributed by atoms with Crippen LogP contribution in [0.4, 0.5) is 0 Å². The highest BCUT2D eigenvalue weighted by molar-refractivity contribution is 5.75. The summed E-state index contributed by atoms with van der Waals surface area (Å²) in [6.07, 6.45) is 0.529. The van der Waals surface area contributed by atoms with E-state index in [1.165, 1.54) is 0 Å². The average molecular weight is 251 g/mol. The lowest BCUT2D eigenvalue weighted by Gasteiger charge is -2.24. The molecule has 0 radical (unpaired) electrons. The van der Waals surface area contributed by atoms with Gasteiger partial charge in [0.25, 0.3) is 0 Å². The third-order valence-corrected chi connectivity index (χ3v) is 3.10. The second-order valence-electron chi connectivity index (χ2n) is 4.59. The number of carbonyl (C=O) groups is 1. The number of aliphatic hydroxyl groups is 1. The molecule has 3 N–H and O–H groups in total. The largest absolute Gasteiger partial charge is 0.480 e. The fraction of sp³-hybridized carbons (Fsp3) is 0.462. The van der Waals surface area contributed by atoms with E-state index in [0.717, 1.165) is 0 Å². The summed E-state index contributed by atoms with van der Waals surface area (Å²) in [4.78, 5) is 11.2. The fourth-order valence-corrected chi connectivity index (χ4v) is 2.02. The van der Waals surface area contributed by atoms with E-state index in [1.54, 1.807) is 24.3 Å². The minimum atomic E-state index is -0.956. The van der Waals surface area contributed by atoms with Crippen molar-refractivity contribution in [1.29, 1.82) is 0 Å². The Hall–Kier alpha value is -1.43. The number of ether oxygens (including phenoxy) is 1. The van der Waals surface area contributed by atoms with E-state index in [1.807, 2.05) is 6.07 Å². The van der Waals surface area contributed by atoms with Crippen LogP contribution in [-0.2, 0) is 9.53 Å². The van der Waals surface area contributed by atoms with Gasteiger partial charge in [0.2, 0.25) is 0 Å². The van der Waals surface area contributed by atoms with E-state index in [4.69, 9.17) is 4.74 Å². The zero-order valence-corrected chi connectivity index (χ0v) is 10.0. The molecule has 98 valence electrons. The second-order valence-corrected chi connectivity index (χ2v) is 4.59. The average Bonchev–Trinajstić information content (AvgIpc) is 2.78. The zero-order valence-electron chi connectivity index (χ0n) is 10.0. The standard InChI is InChI=1S/C13H17NO4/c15-12(16)11(10-4-2-1-3-5-10)14-8-13(17)6-7-18-9-13/h1-5,11,14,17H,6-9H2,(H,15,16). The molecule has 5 nitrogen and oxygen atoms in total. The van der Waals surface area contributed by atoms with Crippen LogP contribution in [0, 0.1) is 0 Å². The first-order valence-electron chi connectivity index (χ1n) is 5.92. The smallest absolute Gasteiger partial charge is 0.325 e. The molecule has 5 heteroatoms. The van der Waals surface area contributed by atoms with Crippen LogP contribution in [0.3, 0.4) is 0 Å². The Labute approximate surface area is 105 Å². The van der Waals surface area contributed by atoms with Gasteiger partial charge < -0.3 is 14.9 Å². The van der Waals surface area contributed by atoms with Crippen LogP contribution in [0.25, 0.3) is 0 Å². The molecule has 1 aromatic rings. The van der Waals surface area contributed by atoms with E-state index >= 15 is 0 Å². The fourth-order valence-electron chi connectivity index (χ4n) is 2.02. The number of aliphatic carboxylic acids is 1. The van der Waals surface area contributed by atoms with Crippen molar-refractivity contribution in [2.45, 2.75) is 18.1 Å². The SMILES string of the molecule is O=C(O)C(NCC1(O)CCOC1)c1ccccc1. The summed E-state index contributed by atoms with van der Waals surface area (Å²) in [6.45, 7) is 0.973. The van der Waals surface area contributed by atoms with Crippen LogP contribution in [0.5, 0.6) is 0 Å². The Kier molecular flexibility index (Phi) is 3.96. The van der Waals surface area contributed by atoms with Crippen molar-refractivity contribution in [3.63, 3.8) is 0 Å². The first-order valence-corrected chi connectivity index (χ1v) is 5.92. The van der Waals surface area contributed by atoms with Crippen LogP contribution in [0.15, 0.2) is 30.3 Å². The molecule has 0 bridgehead atoms. The normalized spacial score (nSPS) is 24.9. The molecule has 0 saturated carbocycles. The van der Waals surface area contributed by atoms with E-state index < -0.39 is 17.6 Å². The Balaban J connectivity index is 2.01. The molecule has 0 aliphatic carbocycles. The highest BCUT2D eigenvalue weighted by atomic mass is 16.5. The van der Waals surface area contributed by atoms with Crippen molar-refractivity contribution in [3.05, 3.63) is 35.9 Å². The minimum absolute atomic E-state index is 0.207. The van der Waals surface area contributed by atoms with Gasteiger partial charge in [0.05, 0.1) is 6.61 Å². The Morgan fingerprint density at radius 3 is 2.72 bits per heavy atom. The predicted octanol–water partition coefficient (Wildman–Crippen LogP) is 0.553. The Bertz CT molecular complexity index is 401. The maximum Gasteiger partial charge on any atom is 0.325 e. The molecular formula is C13H17NO4. The molecular weight excluding hydrogens is 234 g/mol. The number of rotatable bonds is 5. The van der Waals surface area contributed by atoms with Crippen LogP contribution in [0.2, 0.25) is 0 Å². The van der Waals surface area contributed by atoms with Gasteiger partial charge in [-0.1, -0.05) is 30.3 Å². The molecule has 1 fully saturated rings. The van der Waals surface area contributed by atoms with Crippen LogP contribution < -0.4 is 5.32 Å². The Morgan fingerprint density at radius 2 is 2.17 bits per heavy atom. The number of benzene rings is 1. The molecule has 18 heavy (non-hydrogen) atoms. The highest BCUT2D eigenvalue weighted by Gasteiger charge is 2.33. The zero-order chi connectivity index (χ0) is 13.0. The third kappa shape index (κ3) is 3.07. The topological polar surface area (TPSA) is 78.8 Å². The summed E-state index contributed by atoms with van der Waals surface area (Å²) >= 11 is 0. The third-order valence-electron chi connectivity index (χ3n) is 3.10. The van der Waals surface area contributed by atoms with E-state index in [9.17, 15) is 15.0 Å². The summed E-state index contributed by atoms with van der Waals surface area (Å²) in [5, 5.41) is 22.2. The van der Waals surface area contributed by atoms with Gasteiger partial charge >= 0.3 is 5.97 Å². The summed E-state index contributed by atoms with van der Waals surface area (Å²) in [5.41, 5.74) is -0.282. The van der Waals surface area contributed by atoms with E-state index in [-0.39, 0.29) is 13.2 Å². The molecule has 2 atom stereocenters. The highest BCUT2D eigenvalue weighted by Crippen LogP contribution is 2.19. The molecule has 1 heterocycles. The van der Waals surface area contributed by atoms with Crippen LogP contribution in [-0.4, -0.2) is 41.5 Å². The van der Waals surface area contributed by atoms with Gasteiger partial charge in [-0.2, -0.15) is 0 Å². The number of hydrogen-bond acceptors (Lipinski definition) is 4. The molecule has 1 aliphatic rings. The van der Waals surface area contributed by atoms with E-state index in [0.29, 0.717) is 18.6 Å². The minimum Gasteiger partial charge on any atom is -0.480 e. The lowest BCUT2D eigenvalue weighted by atomic mass is 10.0. The van der Waals surface area contributed by atoms with Crippen molar-refractivity contribution in [2.75, 3.05) is 19.8 Å². The molecule has 0 spiro atoms. The monoisotopic (exact) mass is 251 g/mol. The van der Waals surface area contributed by atoms with Crippen molar-refractivity contribution >= 4 is 5.97 Å². The Morgan fingerprint density at radius 1 is 1.44 bits per heavy atom. The number of carboxylic acids is 1. The van der Waals surface area contributed by atoms with Gasteiger partial charge in [0.15, 0.2) is 0 Å². The quantitative estimate of drug-likeness (QED) is 0.712. The summed E-state index contributed by atoms with van der Waals surface area (Å²) in [5.74, 6) is -0.955. The van der Waals surface area contributed by atoms with Gasteiger partial charge in [-0.25, -0.2) is 0 Å². The first kappa shape index (κ1) is 13.0. The van der Waals surface area contributed by atoms with Gasteiger partial charge in [0, 0.05) is 19.6 Å². The van der Waals surface area contributed by atoms with Crippen LogP contribution in [0.1, 0.15) is 18.0 Å². The van der Waals surface area contributed by atoms with Crippen molar-refractivity contribution < 1.29 is 19.7 Å². The second kappa shape index (κ2) is 5.48. The molecule has 0 aromatic heterocycles. The molecule has 0 amide bonds. The van der Waals surface area contributed by atoms with Gasteiger partial charge in [-0.05, 0) is 5.56 Å². The summed E-state index contributed by atoms with van der Waals surface area (Å²) < 4.78 is 5.12. The number of carboxylic acid groups (broad SMARTS) is 1. The summed E-state index contributed by atoms with van der Waals surface area (Å²) in [6, 6.07) is 8.11. The van der Waals surface area contributed by atoms with Crippen molar-refractivity contribution in [2.24, 2.45) is 0 Å². The van der Waals surface area contributed by atoms with Gasteiger partial charge in [-0.3, -0.25) is 10.1 Å². The molecule has 1 aliphatic heterocycles. The van der Waals surface area contributed by atoms with Crippen LogP contribution >= 0.6 is 0 Å². The van der Waals surface area contributed by atoms with E-state index in [2.05, 4.69) is 5.32 Å². The van der Waals surface area contributed by atoms with Crippen molar-refractivity contribution in [3.8, 4) is 0 Å². The lowest BCUT2D eigenvalue weighted by Crippen LogP contribution is -2.44. The van der Waals surface area contributed by atoms with Gasteiger partial charge in [-0.15, -0.1) is 0 Å². The van der Waals surface area contributed by atoms with Gasteiger partial charge in [0.1, 0.15) is 11.6 Å². The predicted molar refractivity (Wildman–Crippen MR) is 65.2 cm³/mol. The molecule has 2 rings (SSSR count). The molecule has 1 aromatic carbocycles. The van der Waals surface area contributed by atoms with Crippen molar-refractivity contribution in [1.82, 2.24) is 5.32 Å². The number of nitrogens with one attached hydrogen (secondary N) is 1. The summed E-state index contributed by atoms with van der Waals surface area (Å²) in [7, 11) is 0. The molecule has 1 saturated heterocycles. The maximum absolute atomic E-state index is 11.2.